The van der Waals surface area contributed by atoms with Crippen LogP contribution in [0.2, 0.25) is 0 Å². The van der Waals surface area contributed by atoms with Gasteiger partial charge in [-0.25, -0.2) is 8.42 Å². The highest BCUT2D eigenvalue weighted by Gasteiger charge is 2.31. The summed E-state index contributed by atoms with van der Waals surface area (Å²) in [6.45, 7) is 4.01. The normalized spacial score (nSPS) is 19.9. The first-order chi connectivity index (χ1) is 10.9. The lowest BCUT2D eigenvalue weighted by molar-refractivity contribution is -0.130. The van der Waals surface area contributed by atoms with Crippen molar-refractivity contribution < 1.29 is 13.2 Å². The van der Waals surface area contributed by atoms with Gasteiger partial charge in [-0.05, 0) is 18.5 Å². The van der Waals surface area contributed by atoms with Gasteiger partial charge in [0.2, 0.25) is 5.91 Å². The molecule has 0 N–H and O–H groups in total. The molecule has 128 valence electrons. The van der Waals surface area contributed by atoms with Crippen LogP contribution in [0, 0.1) is 0 Å². The fourth-order valence-electron chi connectivity index (χ4n) is 3.04. The second-order valence-electron chi connectivity index (χ2n) is 6.17. The minimum absolute atomic E-state index is 0.0669. The van der Waals surface area contributed by atoms with Crippen LogP contribution in [0.3, 0.4) is 0 Å². The predicted molar refractivity (Wildman–Crippen MR) is 91.8 cm³/mol. The van der Waals surface area contributed by atoms with Crippen molar-refractivity contribution in [2.75, 3.05) is 31.6 Å². The van der Waals surface area contributed by atoms with Gasteiger partial charge in [0, 0.05) is 32.6 Å². The topological polar surface area (TPSA) is 57.7 Å². The van der Waals surface area contributed by atoms with Gasteiger partial charge in [0.05, 0.1) is 11.5 Å². The molecule has 23 heavy (non-hydrogen) atoms. The van der Waals surface area contributed by atoms with Crippen LogP contribution in [0.25, 0.3) is 0 Å². The number of benzene rings is 1. The Morgan fingerprint density at radius 1 is 1.26 bits per heavy atom. The zero-order valence-corrected chi connectivity index (χ0v) is 14.8. The van der Waals surface area contributed by atoms with Crippen LogP contribution in [-0.4, -0.2) is 61.8 Å². The molecule has 2 rings (SSSR count). The molecule has 1 atom stereocenters. The van der Waals surface area contributed by atoms with Crippen molar-refractivity contribution >= 4 is 15.7 Å². The summed E-state index contributed by atoms with van der Waals surface area (Å²) in [6, 6.07) is 9.97. The number of hydrogen-bond donors (Lipinski definition) is 0. The van der Waals surface area contributed by atoms with Crippen molar-refractivity contribution in [3.05, 3.63) is 35.9 Å². The summed E-state index contributed by atoms with van der Waals surface area (Å²) in [4.78, 5) is 16.1. The Morgan fingerprint density at radius 3 is 2.52 bits per heavy atom. The van der Waals surface area contributed by atoms with E-state index in [-0.39, 0.29) is 23.5 Å². The molecule has 0 aliphatic carbocycles. The molecule has 0 saturated carbocycles. The highest BCUT2D eigenvalue weighted by molar-refractivity contribution is 7.91. The first kappa shape index (κ1) is 17.9. The van der Waals surface area contributed by atoms with Crippen LogP contribution in [0.5, 0.6) is 0 Å². The van der Waals surface area contributed by atoms with Gasteiger partial charge in [0.25, 0.3) is 0 Å². The number of amides is 1. The summed E-state index contributed by atoms with van der Waals surface area (Å²) in [6.07, 6.45) is 1.11. The van der Waals surface area contributed by atoms with Gasteiger partial charge in [0.15, 0.2) is 9.84 Å². The van der Waals surface area contributed by atoms with E-state index in [1.807, 2.05) is 44.3 Å². The van der Waals surface area contributed by atoms with Gasteiger partial charge < -0.3 is 4.90 Å². The van der Waals surface area contributed by atoms with Crippen LogP contribution in [0.15, 0.2) is 30.3 Å². The Labute approximate surface area is 139 Å². The molecule has 1 saturated heterocycles. The molecule has 6 heteroatoms. The second kappa shape index (κ2) is 7.93. The first-order valence-corrected chi connectivity index (χ1v) is 9.96. The van der Waals surface area contributed by atoms with Gasteiger partial charge in [-0.15, -0.1) is 0 Å². The lowest BCUT2D eigenvalue weighted by Gasteiger charge is -2.27. The number of nitrogens with zero attached hydrogens (tertiary/aromatic N) is 2. The lowest BCUT2D eigenvalue weighted by Crippen LogP contribution is -2.39. The lowest BCUT2D eigenvalue weighted by atomic mass is 10.2. The van der Waals surface area contributed by atoms with Crippen molar-refractivity contribution in [1.82, 2.24) is 9.80 Å². The molecule has 0 spiro atoms. The Balaban J connectivity index is 1.82. The fourth-order valence-corrected chi connectivity index (χ4v) is 4.80. The maximum atomic E-state index is 12.3. The Morgan fingerprint density at radius 2 is 1.96 bits per heavy atom. The highest BCUT2D eigenvalue weighted by atomic mass is 32.2. The van der Waals surface area contributed by atoms with Crippen LogP contribution in [0.1, 0.15) is 25.3 Å². The standard InChI is InChI=1S/C17H26N2O3S/c1-3-19(16-10-12-23(21,22)14-16)11-9-17(20)18(2)13-15-7-5-4-6-8-15/h4-8,16H,3,9-14H2,1-2H3. The van der Waals surface area contributed by atoms with Crippen molar-refractivity contribution in [2.45, 2.75) is 32.4 Å². The summed E-state index contributed by atoms with van der Waals surface area (Å²) in [5.41, 5.74) is 1.11. The van der Waals surface area contributed by atoms with Gasteiger partial charge in [-0.1, -0.05) is 37.3 Å². The number of sulfone groups is 1. The van der Waals surface area contributed by atoms with Gasteiger partial charge in [-0.3, -0.25) is 9.69 Å². The quantitative estimate of drug-likeness (QED) is 0.757. The third kappa shape index (κ3) is 5.32. The number of hydrogen-bond acceptors (Lipinski definition) is 4. The Bertz CT molecular complexity index is 616. The smallest absolute Gasteiger partial charge is 0.223 e. The average Bonchev–Trinajstić information content (AvgIpc) is 2.88. The van der Waals surface area contributed by atoms with Gasteiger partial charge in [-0.2, -0.15) is 0 Å². The molecule has 1 aromatic carbocycles. The van der Waals surface area contributed by atoms with Crippen molar-refractivity contribution in [1.29, 1.82) is 0 Å². The molecule has 1 aliphatic rings. The molecule has 1 aliphatic heterocycles. The Kier molecular flexibility index (Phi) is 6.18. The Hall–Kier alpha value is -1.40. The van der Waals surface area contributed by atoms with Crippen LogP contribution < -0.4 is 0 Å². The predicted octanol–water partition coefficient (Wildman–Crippen LogP) is 1.54. The van der Waals surface area contributed by atoms with E-state index in [1.165, 1.54) is 0 Å². The molecule has 1 unspecified atom stereocenters. The van der Waals surface area contributed by atoms with E-state index in [4.69, 9.17) is 0 Å². The fraction of sp³-hybridized carbons (Fsp3) is 0.588. The largest absolute Gasteiger partial charge is 0.341 e. The van der Waals surface area contributed by atoms with Crippen molar-refractivity contribution in [3.8, 4) is 0 Å². The minimum atomic E-state index is -2.88. The van der Waals surface area contributed by atoms with E-state index in [0.29, 0.717) is 25.9 Å². The van der Waals surface area contributed by atoms with E-state index in [9.17, 15) is 13.2 Å². The second-order valence-corrected chi connectivity index (χ2v) is 8.40. The summed E-state index contributed by atoms with van der Waals surface area (Å²) in [5.74, 6) is 0.596. The molecule has 1 fully saturated rings. The molecule has 1 heterocycles. The van der Waals surface area contributed by atoms with E-state index in [0.717, 1.165) is 12.1 Å². The van der Waals surface area contributed by atoms with E-state index >= 15 is 0 Å². The first-order valence-electron chi connectivity index (χ1n) is 8.13. The van der Waals surface area contributed by atoms with E-state index < -0.39 is 9.84 Å². The molecule has 0 aromatic heterocycles. The third-order valence-corrected chi connectivity index (χ3v) is 6.18. The van der Waals surface area contributed by atoms with E-state index in [2.05, 4.69) is 4.90 Å². The molecular formula is C17H26N2O3S. The summed E-state index contributed by atoms with van der Waals surface area (Å²) in [7, 11) is -1.07. The van der Waals surface area contributed by atoms with Gasteiger partial charge >= 0.3 is 0 Å². The molecule has 0 radical (unpaired) electrons. The molecule has 1 amide bonds. The zero-order valence-electron chi connectivity index (χ0n) is 13.9. The maximum absolute atomic E-state index is 12.3. The van der Waals surface area contributed by atoms with Crippen molar-refractivity contribution in [2.24, 2.45) is 0 Å². The number of rotatable bonds is 7. The third-order valence-electron chi connectivity index (χ3n) is 4.43. The maximum Gasteiger partial charge on any atom is 0.223 e. The van der Waals surface area contributed by atoms with Gasteiger partial charge in [0.1, 0.15) is 0 Å². The summed E-state index contributed by atoms with van der Waals surface area (Å²) < 4.78 is 23.2. The summed E-state index contributed by atoms with van der Waals surface area (Å²) >= 11 is 0. The molecule has 1 aromatic rings. The monoisotopic (exact) mass is 338 g/mol. The van der Waals surface area contributed by atoms with Crippen LogP contribution in [0.4, 0.5) is 0 Å². The SMILES string of the molecule is CCN(CCC(=O)N(C)Cc1ccccc1)C1CCS(=O)(=O)C1. The zero-order chi connectivity index (χ0) is 16.9. The number of carbonyl (C=O) groups excluding carboxylic acids is 1. The van der Waals surface area contributed by atoms with E-state index in [1.54, 1.807) is 4.90 Å². The highest BCUT2D eigenvalue weighted by Crippen LogP contribution is 2.18. The van der Waals surface area contributed by atoms with Crippen LogP contribution >= 0.6 is 0 Å². The molecule has 5 nitrogen and oxygen atoms in total. The summed E-state index contributed by atoms with van der Waals surface area (Å²) in [5, 5.41) is 0. The number of carbonyl (C=O) groups is 1. The average molecular weight is 338 g/mol. The molecule has 0 bridgehead atoms. The van der Waals surface area contributed by atoms with Crippen LogP contribution in [-0.2, 0) is 21.2 Å². The molecular weight excluding hydrogens is 312 g/mol. The minimum Gasteiger partial charge on any atom is -0.341 e. The van der Waals surface area contributed by atoms with Crippen molar-refractivity contribution in [3.63, 3.8) is 0 Å².